The van der Waals surface area contributed by atoms with Crippen molar-refractivity contribution in [3.05, 3.63) is 35.9 Å². The van der Waals surface area contributed by atoms with Gasteiger partial charge in [0.15, 0.2) is 0 Å². The lowest BCUT2D eigenvalue weighted by molar-refractivity contribution is 0.457. The number of benzene rings is 1. The normalized spacial score (nSPS) is 12.5. The van der Waals surface area contributed by atoms with Crippen molar-refractivity contribution in [3.63, 3.8) is 0 Å². The molecule has 0 saturated heterocycles. The third-order valence-electron chi connectivity index (χ3n) is 4.22. The summed E-state index contributed by atoms with van der Waals surface area (Å²) in [6, 6.07) is 11.5. The Bertz CT molecular complexity index is 306. The summed E-state index contributed by atoms with van der Waals surface area (Å²) < 4.78 is 0. The van der Waals surface area contributed by atoms with Gasteiger partial charge in [-0.15, -0.1) is 0 Å². The van der Waals surface area contributed by atoms with E-state index in [2.05, 4.69) is 49.5 Å². The molecule has 120 valence electrons. The number of hydrogen-bond donors (Lipinski definition) is 1. The van der Waals surface area contributed by atoms with E-state index in [4.69, 9.17) is 0 Å². The molecule has 1 N–H and O–H groups in total. The second-order valence-corrected chi connectivity index (χ2v) is 6.18. The van der Waals surface area contributed by atoms with Gasteiger partial charge in [0.05, 0.1) is 0 Å². The van der Waals surface area contributed by atoms with Gasteiger partial charge in [-0.1, -0.05) is 95.5 Å². The van der Waals surface area contributed by atoms with E-state index in [0.29, 0.717) is 6.04 Å². The largest absolute Gasteiger partial charge is 0.310 e. The molecule has 1 aromatic carbocycles. The SMILES string of the molecule is CCCCCCCC(NCCCCCC)c1ccccc1. The Morgan fingerprint density at radius 3 is 2.05 bits per heavy atom. The smallest absolute Gasteiger partial charge is 0.0320 e. The van der Waals surface area contributed by atoms with Crippen LogP contribution in [0, 0.1) is 0 Å². The Balaban J connectivity index is 2.32. The van der Waals surface area contributed by atoms with Crippen molar-refractivity contribution in [1.29, 1.82) is 0 Å². The summed E-state index contributed by atoms with van der Waals surface area (Å²) in [6.07, 6.45) is 13.5. The Hall–Kier alpha value is -0.820. The van der Waals surface area contributed by atoms with Gasteiger partial charge in [-0.25, -0.2) is 0 Å². The molecular weight excluding hydrogens is 254 g/mol. The first-order valence-electron chi connectivity index (χ1n) is 9.16. The van der Waals surface area contributed by atoms with Crippen LogP contribution in [0.5, 0.6) is 0 Å². The van der Waals surface area contributed by atoms with Crippen LogP contribution in [-0.4, -0.2) is 6.54 Å². The standard InChI is InChI=1S/C20H35N/c1-3-5-7-9-13-17-20(19-15-11-10-12-16-19)21-18-14-8-6-4-2/h10-12,15-16,20-21H,3-9,13-14,17-18H2,1-2H3. The molecule has 0 aliphatic rings. The summed E-state index contributed by atoms with van der Waals surface area (Å²) in [5, 5.41) is 3.79. The second-order valence-electron chi connectivity index (χ2n) is 6.18. The average molecular weight is 290 g/mol. The van der Waals surface area contributed by atoms with E-state index in [1.54, 1.807) is 0 Å². The van der Waals surface area contributed by atoms with Gasteiger partial charge in [-0.05, 0) is 24.9 Å². The summed E-state index contributed by atoms with van der Waals surface area (Å²) in [7, 11) is 0. The van der Waals surface area contributed by atoms with Gasteiger partial charge in [0, 0.05) is 6.04 Å². The maximum absolute atomic E-state index is 3.79. The number of unbranched alkanes of at least 4 members (excludes halogenated alkanes) is 7. The Labute approximate surface area is 132 Å². The zero-order valence-corrected chi connectivity index (χ0v) is 14.2. The van der Waals surface area contributed by atoms with Gasteiger partial charge in [-0.2, -0.15) is 0 Å². The predicted molar refractivity (Wildman–Crippen MR) is 94.7 cm³/mol. The van der Waals surface area contributed by atoms with Gasteiger partial charge in [-0.3, -0.25) is 0 Å². The molecule has 1 nitrogen and oxygen atoms in total. The zero-order chi connectivity index (χ0) is 15.2. The number of hydrogen-bond acceptors (Lipinski definition) is 1. The van der Waals surface area contributed by atoms with Crippen molar-refractivity contribution in [3.8, 4) is 0 Å². The Morgan fingerprint density at radius 2 is 1.38 bits per heavy atom. The van der Waals surface area contributed by atoms with Gasteiger partial charge in [0.25, 0.3) is 0 Å². The molecule has 1 unspecified atom stereocenters. The van der Waals surface area contributed by atoms with Gasteiger partial charge >= 0.3 is 0 Å². The van der Waals surface area contributed by atoms with Crippen molar-refractivity contribution in [2.75, 3.05) is 6.54 Å². The van der Waals surface area contributed by atoms with Crippen molar-refractivity contribution in [1.82, 2.24) is 5.32 Å². The molecule has 1 rings (SSSR count). The molecule has 0 saturated carbocycles. The van der Waals surface area contributed by atoms with Crippen LogP contribution in [0.1, 0.15) is 89.7 Å². The van der Waals surface area contributed by atoms with Crippen molar-refractivity contribution in [2.45, 2.75) is 84.1 Å². The molecule has 0 spiro atoms. The molecule has 0 aliphatic heterocycles. The Morgan fingerprint density at radius 1 is 0.762 bits per heavy atom. The highest BCUT2D eigenvalue weighted by Gasteiger charge is 2.09. The van der Waals surface area contributed by atoms with Crippen LogP contribution in [0.25, 0.3) is 0 Å². The molecule has 0 bridgehead atoms. The second kappa shape index (κ2) is 12.9. The maximum atomic E-state index is 3.79. The minimum absolute atomic E-state index is 0.550. The monoisotopic (exact) mass is 289 g/mol. The minimum Gasteiger partial charge on any atom is -0.310 e. The molecule has 1 heteroatoms. The van der Waals surface area contributed by atoms with Crippen molar-refractivity contribution < 1.29 is 0 Å². The molecule has 0 aliphatic carbocycles. The van der Waals surface area contributed by atoms with E-state index in [0.717, 1.165) is 6.54 Å². The fourth-order valence-electron chi connectivity index (χ4n) is 2.85. The summed E-state index contributed by atoms with van der Waals surface area (Å²) in [5.41, 5.74) is 1.46. The van der Waals surface area contributed by atoms with E-state index < -0.39 is 0 Å². The van der Waals surface area contributed by atoms with Gasteiger partial charge in [0.2, 0.25) is 0 Å². The maximum Gasteiger partial charge on any atom is 0.0320 e. The lowest BCUT2D eigenvalue weighted by Gasteiger charge is -2.19. The fourth-order valence-corrected chi connectivity index (χ4v) is 2.85. The van der Waals surface area contributed by atoms with Crippen LogP contribution in [-0.2, 0) is 0 Å². The van der Waals surface area contributed by atoms with Gasteiger partial charge in [0.1, 0.15) is 0 Å². The predicted octanol–water partition coefficient (Wildman–Crippen LogP) is 6.26. The molecule has 0 heterocycles. The molecule has 1 aromatic rings. The Kier molecular flexibility index (Phi) is 11.2. The minimum atomic E-state index is 0.550. The third kappa shape index (κ3) is 8.93. The summed E-state index contributed by atoms with van der Waals surface area (Å²) >= 11 is 0. The van der Waals surface area contributed by atoms with E-state index in [1.807, 2.05) is 0 Å². The number of rotatable bonds is 13. The number of nitrogens with one attached hydrogen (secondary N) is 1. The summed E-state index contributed by atoms with van der Waals surface area (Å²) in [5.74, 6) is 0. The zero-order valence-electron chi connectivity index (χ0n) is 14.2. The van der Waals surface area contributed by atoms with Crippen LogP contribution in [0.2, 0.25) is 0 Å². The highest BCUT2D eigenvalue weighted by atomic mass is 14.9. The molecule has 0 radical (unpaired) electrons. The highest BCUT2D eigenvalue weighted by Crippen LogP contribution is 2.20. The first-order valence-corrected chi connectivity index (χ1v) is 9.16. The van der Waals surface area contributed by atoms with Crippen LogP contribution in [0.3, 0.4) is 0 Å². The van der Waals surface area contributed by atoms with Crippen molar-refractivity contribution in [2.24, 2.45) is 0 Å². The third-order valence-corrected chi connectivity index (χ3v) is 4.22. The first kappa shape index (κ1) is 18.2. The van der Waals surface area contributed by atoms with Crippen LogP contribution in [0.15, 0.2) is 30.3 Å². The van der Waals surface area contributed by atoms with Crippen LogP contribution in [0.4, 0.5) is 0 Å². The topological polar surface area (TPSA) is 12.0 Å². The highest BCUT2D eigenvalue weighted by molar-refractivity contribution is 5.18. The summed E-state index contributed by atoms with van der Waals surface area (Å²) in [6.45, 7) is 5.72. The average Bonchev–Trinajstić information content (AvgIpc) is 2.53. The van der Waals surface area contributed by atoms with E-state index in [-0.39, 0.29) is 0 Å². The lowest BCUT2D eigenvalue weighted by atomic mass is 9.99. The quantitative estimate of drug-likeness (QED) is 0.423. The molecule has 0 amide bonds. The fraction of sp³-hybridized carbons (Fsp3) is 0.700. The first-order chi connectivity index (χ1) is 10.4. The van der Waals surface area contributed by atoms with Crippen molar-refractivity contribution >= 4 is 0 Å². The van der Waals surface area contributed by atoms with E-state index in [1.165, 1.54) is 69.8 Å². The lowest BCUT2D eigenvalue weighted by Crippen LogP contribution is -2.22. The molecular formula is C20H35N. The molecule has 1 atom stereocenters. The molecule has 0 aromatic heterocycles. The van der Waals surface area contributed by atoms with Gasteiger partial charge < -0.3 is 5.32 Å². The molecule has 21 heavy (non-hydrogen) atoms. The molecule has 0 fully saturated rings. The van der Waals surface area contributed by atoms with E-state index in [9.17, 15) is 0 Å². The van der Waals surface area contributed by atoms with Crippen LogP contribution < -0.4 is 5.32 Å². The van der Waals surface area contributed by atoms with Crippen LogP contribution >= 0.6 is 0 Å². The van der Waals surface area contributed by atoms with E-state index >= 15 is 0 Å². The summed E-state index contributed by atoms with van der Waals surface area (Å²) in [4.78, 5) is 0.